The van der Waals surface area contributed by atoms with Crippen molar-refractivity contribution >= 4 is 45.6 Å². The maximum atomic E-state index is 12.1. The lowest BCUT2D eigenvalue weighted by Gasteiger charge is -2.05. The molecule has 0 aliphatic rings. The molecule has 4 rings (SSSR count). The second kappa shape index (κ2) is 6.93. The first-order valence-electron chi connectivity index (χ1n) is 7.84. The first-order chi connectivity index (χ1) is 12.7. The van der Waals surface area contributed by atoms with Crippen LogP contribution in [-0.4, -0.2) is 27.5 Å². The zero-order valence-electron chi connectivity index (χ0n) is 13.5. The smallest absolute Gasteiger partial charge is 0.286 e. The normalized spacial score (nSPS) is 10.9. The Morgan fingerprint density at radius 2 is 1.88 bits per heavy atom. The number of hydrogen-bond donors (Lipinski definition) is 3. The van der Waals surface area contributed by atoms with Gasteiger partial charge in [-0.3, -0.25) is 20.4 Å². The van der Waals surface area contributed by atoms with E-state index in [9.17, 15) is 9.59 Å². The number of aromatic nitrogens is 2. The van der Waals surface area contributed by atoms with Crippen molar-refractivity contribution in [2.75, 3.05) is 5.75 Å². The van der Waals surface area contributed by atoms with Crippen LogP contribution in [0.5, 0.6) is 0 Å². The van der Waals surface area contributed by atoms with Crippen molar-refractivity contribution in [2.45, 2.75) is 5.22 Å². The Hall–Kier alpha value is -3.26. The molecule has 26 heavy (non-hydrogen) atoms. The maximum absolute atomic E-state index is 12.1. The number of carbonyl (C=O) groups is 2. The fraction of sp³-hybridized carbons (Fsp3) is 0.0556. The molecule has 0 bridgehead atoms. The van der Waals surface area contributed by atoms with Crippen LogP contribution in [0.1, 0.15) is 10.5 Å². The zero-order valence-corrected chi connectivity index (χ0v) is 14.3. The number of para-hydroxylation sites is 3. The number of amides is 2. The number of thioether (sulfide) groups is 1. The van der Waals surface area contributed by atoms with Crippen molar-refractivity contribution < 1.29 is 14.0 Å². The highest BCUT2D eigenvalue weighted by Crippen LogP contribution is 2.22. The van der Waals surface area contributed by atoms with Crippen molar-refractivity contribution in [3.05, 3.63) is 60.3 Å². The lowest BCUT2D eigenvalue weighted by atomic mass is 10.2. The van der Waals surface area contributed by atoms with Gasteiger partial charge in [0, 0.05) is 10.9 Å². The van der Waals surface area contributed by atoms with E-state index in [0.717, 1.165) is 28.2 Å². The van der Waals surface area contributed by atoms with Crippen LogP contribution in [0.3, 0.4) is 0 Å². The topological polar surface area (TPSA) is 100 Å². The average Bonchev–Trinajstić information content (AvgIpc) is 3.27. The standard InChI is InChI=1S/C18H14N4O3S/c23-16(10-26-18-20-13-7-3-4-8-15(13)25-18)21-22-17(24)14-9-11-5-1-2-6-12(11)19-14/h1-9,19H,10H2,(H,21,23)(H,22,24). The van der Waals surface area contributed by atoms with E-state index in [0.29, 0.717) is 16.5 Å². The SMILES string of the molecule is O=C(CSc1nc2ccccc2o1)NNC(=O)c1cc2ccccc2[nH]1. The molecule has 0 aliphatic heterocycles. The summed E-state index contributed by atoms with van der Waals surface area (Å²) in [6.07, 6.45) is 0. The minimum atomic E-state index is -0.415. The maximum Gasteiger partial charge on any atom is 0.286 e. The Labute approximate surface area is 152 Å². The van der Waals surface area contributed by atoms with Gasteiger partial charge in [-0.2, -0.15) is 0 Å². The van der Waals surface area contributed by atoms with E-state index < -0.39 is 5.91 Å². The van der Waals surface area contributed by atoms with Crippen molar-refractivity contribution in [3.8, 4) is 0 Å². The van der Waals surface area contributed by atoms with E-state index in [-0.39, 0.29) is 11.7 Å². The van der Waals surface area contributed by atoms with Crippen molar-refractivity contribution in [1.29, 1.82) is 0 Å². The third-order valence-electron chi connectivity index (χ3n) is 3.69. The lowest BCUT2D eigenvalue weighted by Crippen LogP contribution is -2.42. The first-order valence-corrected chi connectivity index (χ1v) is 8.83. The fourth-order valence-corrected chi connectivity index (χ4v) is 3.10. The van der Waals surface area contributed by atoms with E-state index in [4.69, 9.17) is 4.42 Å². The molecule has 3 N–H and O–H groups in total. The largest absolute Gasteiger partial charge is 0.431 e. The molecule has 0 spiro atoms. The second-order valence-corrected chi connectivity index (χ2v) is 6.44. The van der Waals surface area contributed by atoms with Gasteiger partial charge in [-0.25, -0.2) is 4.98 Å². The quantitative estimate of drug-likeness (QED) is 0.381. The van der Waals surface area contributed by atoms with Crippen LogP contribution in [-0.2, 0) is 4.79 Å². The van der Waals surface area contributed by atoms with Gasteiger partial charge >= 0.3 is 0 Å². The third kappa shape index (κ3) is 3.40. The van der Waals surface area contributed by atoms with Gasteiger partial charge in [0.15, 0.2) is 5.58 Å². The van der Waals surface area contributed by atoms with Gasteiger partial charge in [0.1, 0.15) is 11.2 Å². The summed E-state index contributed by atoms with van der Waals surface area (Å²) in [5, 5.41) is 1.33. The molecule has 2 heterocycles. The van der Waals surface area contributed by atoms with Gasteiger partial charge < -0.3 is 9.40 Å². The minimum absolute atomic E-state index is 0.0692. The summed E-state index contributed by atoms with van der Waals surface area (Å²) < 4.78 is 5.53. The van der Waals surface area contributed by atoms with Gasteiger partial charge in [0.05, 0.1) is 5.75 Å². The monoisotopic (exact) mass is 366 g/mol. The second-order valence-electron chi connectivity index (χ2n) is 5.51. The molecule has 0 aliphatic carbocycles. The highest BCUT2D eigenvalue weighted by Gasteiger charge is 2.12. The van der Waals surface area contributed by atoms with Crippen LogP contribution in [0, 0.1) is 0 Å². The Bertz CT molecular complexity index is 1040. The Kier molecular flexibility index (Phi) is 4.32. The van der Waals surface area contributed by atoms with Crippen molar-refractivity contribution in [1.82, 2.24) is 20.8 Å². The molecule has 130 valence electrons. The first kappa shape index (κ1) is 16.2. The Morgan fingerprint density at radius 1 is 1.08 bits per heavy atom. The molecule has 0 radical (unpaired) electrons. The van der Waals surface area contributed by atoms with Gasteiger partial charge in [-0.05, 0) is 24.3 Å². The number of fused-ring (bicyclic) bond motifs is 2. The molecular weight excluding hydrogens is 352 g/mol. The number of rotatable bonds is 4. The van der Waals surface area contributed by atoms with E-state index >= 15 is 0 Å². The molecule has 2 aromatic heterocycles. The van der Waals surface area contributed by atoms with E-state index in [2.05, 4.69) is 20.8 Å². The molecule has 0 saturated carbocycles. The summed E-state index contributed by atoms with van der Waals surface area (Å²) in [4.78, 5) is 31.3. The molecule has 2 aromatic carbocycles. The van der Waals surface area contributed by atoms with Crippen molar-refractivity contribution in [3.63, 3.8) is 0 Å². The number of hydrogen-bond acceptors (Lipinski definition) is 5. The zero-order chi connectivity index (χ0) is 17.9. The van der Waals surface area contributed by atoms with Gasteiger partial charge in [0.25, 0.3) is 11.1 Å². The number of hydrazine groups is 1. The molecule has 2 amide bonds. The molecule has 0 unspecified atom stereocenters. The van der Waals surface area contributed by atoms with Gasteiger partial charge in [-0.15, -0.1) is 0 Å². The van der Waals surface area contributed by atoms with Crippen LogP contribution in [0.2, 0.25) is 0 Å². The highest BCUT2D eigenvalue weighted by atomic mass is 32.2. The van der Waals surface area contributed by atoms with Crippen LogP contribution >= 0.6 is 11.8 Å². The van der Waals surface area contributed by atoms with E-state index in [1.54, 1.807) is 6.07 Å². The van der Waals surface area contributed by atoms with Gasteiger partial charge in [0.2, 0.25) is 5.91 Å². The summed E-state index contributed by atoms with van der Waals surface area (Å²) in [6.45, 7) is 0. The molecule has 0 saturated heterocycles. The summed E-state index contributed by atoms with van der Waals surface area (Å²) in [5.41, 5.74) is 7.41. The molecule has 4 aromatic rings. The molecule has 7 nitrogen and oxygen atoms in total. The Morgan fingerprint density at radius 3 is 2.73 bits per heavy atom. The minimum Gasteiger partial charge on any atom is -0.431 e. The van der Waals surface area contributed by atoms with E-state index in [1.165, 1.54) is 0 Å². The summed E-state index contributed by atoms with van der Waals surface area (Å²) in [7, 11) is 0. The van der Waals surface area contributed by atoms with Crippen LogP contribution in [0.4, 0.5) is 0 Å². The molecule has 8 heteroatoms. The van der Waals surface area contributed by atoms with E-state index in [1.807, 2.05) is 48.5 Å². The Balaban J connectivity index is 1.31. The number of carbonyl (C=O) groups excluding carboxylic acids is 2. The predicted octanol–water partition coefficient (Wildman–Crippen LogP) is 2.86. The summed E-state index contributed by atoms with van der Waals surface area (Å²) in [5.74, 6) is -0.706. The highest BCUT2D eigenvalue weighted by molar-refractivity contribution is 7.99. The molecular formula is C18H14N4O3S. The molecule has 0 atom stereocenters. The number of nitrogens with one attached hydrogen (secondary N) is 3. The fourth-order valence-electron chi connectivity index (χ4n) is 2.47. The van der Waals surface area contributed by atoms with Crippen molar-refractivity contribution in [2.24, 2.45) is 0 Å². The number of H-pyrrole nitrogens is 1. The lowest BCUT2D eigenvalue weighted by molar-refractivity contribution is -0.119. The average molecular weight is 366 g/mol. The van der Waals surface area contributed by atoms with Crippen LogP contribution in [0.15, 0.2) is 64.2 Å². The third-order valence-corrected chi connectivity index (χ3v) is 4.52. The number of benzene rings is 2. The molecule has 0 fully saturated rings. The predicted molar refractivity (Wildman–Crippen MR) is 98.6 cm³/mol. The van der Waals surface area contributed by atoms with Crippen LogP contribution in [0.25, 0.3) is 22.0 Å². The van der Waals surface area contributed by atoms with Crippen LogP contribution < -0.4 is 10.9 Å². The van der Waals surface area contributed by atoms with Gasteiger partial charge in [-0.1, -0.05) is 42.1 Å². The number of oxazole rings is 1. The number of aromatic amines is 1. The summed E-state index contributed by atoms with van der Waals surface area (Å²) in [6, 6.07) is 16.6. The summed E-state index contributed by atoms with van der Waals surface area (Å²) >= 11 is 1.16. The number of nitrogens with zero attached hydrogens (tertiary/aromatic N) is 1.